The molecule has 0 spiro atoms. The molecule has 0 aliphatic heterocycles. The van der Waals surface area contributed by atoms with Gasteiger partial charge in [0.1, 0.15) is 5.82 Å². The van der Waals surface area contributed by atoms with Crippen molar-refractivity contribution in [2.45, 2.75) is 59.2 Å². The maximum atomic E-state index is 4.67. The predicted octanol–water partition coefficient (Wildman–Crippen LogP) is 3.23. The fraction of sp³-hybridized carbons (Fsp3) is 0.600. The summed E-state index contributed by atoms with van der Waals surface area (Å²) in [5, 5.41) is 6.87. The molecule has 0 aromatic carbocycles. The third kappa shape index (κ3) is 4.42. The lowest BCUT2D eigenvalue weighted by atomic mass is 10.1. The van der Waals surface area contributed by atoms with Crippen LogP contribution in [0.5, 0.6) is 0 Å². The summed E-state index contributed by atoms with van der Waals surface area (Å²) in [5.74, 6) is 1.06. The molecule has 0 bridgehead atoms. The van der Waals surface area contributed by atoms with Crippen molar-refractivity contribution in [3.63, 3.8) is 0 Å². The minimum atomic E-state index is 0.103. The highest BCUT2D eigenvalue weighted by molar-refractivity contribution is 7.09. The molecule has 2 heterocycles. The molecule has 0 aliphatic rings. The molecule has 4 nitrogen and oxygen atoms in total. The van der Waals surface area contributed by atoms with E-state index in [2.05, 4.69) is 52.9 Å². The summed E-state index contributed by atoms with van der Waals surface area (Å²) in [7, 11) is 0. The van der Waals surface area contributed by atoms with Gasteiger partial charge in [-0.25, -0.2) is 9.97 Å². The molecule has 0 fully saturated rings. The number of imidazole rings is 1. The third-order valence-electron chi connectivity index (χ3n) is 2.97. The summed E-state index contributed by atoms with van der Waals surface area (Å²) in [4.78, 5) is 9.11. The van der Waals surface area contributed by atoms with Crippen LogP contribution in [0, 0.1) is 0 Å². The number of nitrogens with zero attached hydrogens (tertiary/aromatic N) is 3. The van der Waals surface area contributed by atoms with Crippen LogP contribution in [0.3, 0.4) is 0 Å². The molecule has 0 aliphatic carbocycles. The van der Waals surface area contributed by atoms with E-state index in [0.717, 1.165) is 37.4 Å². The van der Waals surface area contributed by atoms with Gasteiger partial charge in [0.2, 0.25) is 0 Å². The van der Waals surface area contributed by atoms with Crippen LogP contribution in [0.25, 0.3) is 0 Å². The smallest absolute Gasteiger partial charge is 0.123 e. The summed E-state index contributed by atoms with van der Waals surface area (Å²) >= 11 is 1.76. The summed E-state index contributed by atoms with van der Waals surface area (Å²) < 4.78 is 2.17. The zero-order valence-corrected chi connectivity index (χ0v) is 13.6. The van der Waals surface area contributed by atoms with Crippen molar-refractivity contribution < 1.29 is 0 Å². The van der Waals surface area contributed by atoms with Crippen LogP contribution in [0.15, 0.2) is 17.8 Å². The van der Waals surface area contributed by atoms with E-state index in [1.54, 1.807) is 11.3 Å². The first kappa shape index (κ1) is 15.2. The number of hydrogen-bond acceptors (Lipinski definition) is 4. The Morgan fingerprint density at radius 1 is 1.35 bits per heavy atom. The first-order valence-electron chi connectivity index (χ1n) is 7.16. The molecule has 0 saturated heterocycles. The second kappa shape index (κ2) is 6.50. The van der Waals surface area contributed by atoms with Crippen molar-refractivity contribution in [3.8, 4) is 0 Å². The molecular weight excluding hydrogens is 268 g/mol. The maximum absolute atomic E-state index is 4.67. The third-order valence-corrected chi connectivity index (χ3v) is 3.93. The van der Waals surface area contributed by atoms with Gasteiger partial charge in [-0.15, -0.1) is 11.3 Å². The van der Waals surface area contributed by atoms with Crippen LogP contribution in [0.2, 0.25) is 0 Å². The van der Waals surface area contributed by atoms with Gasteiger partial charge in [-0.1, -0.05) is 6.92 Å². The number of aryl methyl sites for hydroxylation is 1. The molecule has 0 amide bonds. The Labute approximate surface area is 125 Å². The Kier molecular flexibility index (Phi) is 4.94. The standard InChI is InChI=1S/C15H24N4S/c1-5-6-14-18-12(11-20-14)10-19-8-7-16-13(19)9-17-15(2,3)4/h7-8,11,17H,5-6,9-10H2,1-4H3. The van der Waals surface area contributed by atoms with E-state index in [-0.39, 0.29) is 5.54 Å². The predicted molar refractivity (Wildman–Crippen MR) is 84.0 cm³/mol. The number of hydrogen-bond donors (Lipinski definition) is 1. The largest absolute Gasteiger partial charge is 0.328 e. The molecule has 5 heteroatoms. The van der Waals surface area contributed by atoms with Gasteiger partial charge in [-0.3, -0.25) is 0 Å². The summed E-state index contributed by atoms with van der Waals surface area (Å²) in [5.41, 5.74) is 1.24. The second-order valence-electron chi connectivity index (χ2n) is 6.06. The minimum Gasteiger partial charge on any atom is -0.328 e. The fourth-order valence-electron chi connectivity index (χ4n) is 1.92. The van der Waals surface area contributed by atoms with Crippen molar-refractivity contribution in [1.82, 2.24) is 19.9 Å². The lowest BCUT2D eigenvalue weighted by Gasteiger charge is -2.20. The molecule has 1 N–H and O–H groups in total. The van der Waals surface area contributed by atoms with Crippen molar-refractivity contribution in [2.75, 3.05) is 0 Å². The summed E-state index contributed by atoms with van der Waals surface area (Å²) in [6.07, 6.45) is 6.11. The average Bonchev–Trinajstić information content (AvgIpc) is 2.97. The Bertz CT molecular complexity index is 536. The van der Waals surface area contributed by atoms with E-state index >= 15 is 0 Å². The quantitative estimate of drug-likeness (QED) is 0.889. The minimum absolute atomic E-state index is 0.103. The normalized spacial score (nSPS) is 12.0. The van der Waals surface area contributed by atoms with Gasteiger partial charge in [0.25, 0.3) is 0 Å². The van der Waals surface area contributed by atoms with Crippen molar-refractivity contribution in [1.29, 1.82) is 0 Å². The van der Waals surface area contributed by atoms with Crippen molar-refractivity contribution in [3.05, 3.63) is 34.3 Å². The van der Waals surface area contributed by atoms with E-state index in [4.69, 9.17) is 0 Å². The van der Waals surface area contributed by atoms with Crippen molar-refractivity contribution >= 4 is 11.3 Å². The van der Waals surface area contributed by atoms with Crippen LogP contribution in [0.4, 0.5) is 0 Å². The second-order valence-corrected chi connectivity index (χ2v) is 7.00. The molecule has 110 valence electrons. The van der Waals surface area contributed by atoms with Gasteiger partial charge < -0.3 is 9.88 Å². The van der Waals surface area contributed by atoms with E-state index in [1.807, 2.05) is 12.4 Å². The molecular formula is C15H24N4S. The van der Waals surface area contributed by atoms with Gasteiger partial charge in [-0.2, -0.15) is 0 Å². The Balaban J connectivity index is 2.00. The lowest BCUT2D eigenvalue weighted by molar-refractivity contribution is 0.413. The van der Waals surface area contributed by atoms with Crippen LogP contribution >= 0.6 is 11.3 Å². The SMILES string of the molecule is CCCc1nc(Cn2ccnc2CNC(C)(C)C)cs1. The molecule has 0 unspecified atom stereocenters. The monoisotopic (exact) mass is 292 g/mol. The average molecular weight is 292 g/mol. The zero-order chi connectivity index (χ0) is 14.6. The topological polar surface area (TPSA) is 42.7 Å². The fourth-order valence-corrected chi connectivity index (χ4v) is 2.81. The molecule has 0 atom stereocenters. The molecule has 2 aromatic rings. The zero-order valence-electron chi connectivity index (χ0n) is 12.8. The van der Waals surface area contributed by atoms with Crippen LogP contribution in [0.1, 0.15) is 50.6 Å². The summed E-state index contributed by atoms with van der Waals surface area (Å²) in [6, 6.07) is 0. The van der Waals surface area contributed by atoms with Gasteiger partial charge in [0.15, 0.2) is 0 Å². The summed E-state index contributed by atoms with van der Waals surface area (Å²) in [6.45, 7) is 10.3. The number of nitrogens with one attached hydrogen (secondary N) is 1. The molecule has 20 heavy (non-hydrogen) atoms. The van der Waals surface area contributed by atoms with Crippen LogP contribution < -0.4 is 5.32 Å². The highest BCUT2D eigenvalue weighted by atomic mass is 32.1. The van der Waals surface area contributed by atoms with Crippen LogP contribution in [-0.4, -0.2) is 20.1 Å². The van der Waals surface area contributed by atoms with E-state index < -0.39 is 0 Å². The van der Waals surface area contributed by atoms with Gasteiger partial charge in [-0.05, 0) is 33.6 Å². The number of aromatic nitrogens is 3. The first-order valence-corrected chi connectivity index (χ1v) is 8.04. The lowest BCUT2D eigenvalue weighted by Crippen LogP contribution is -2.36. The molecule has 2 aromatic heterocycles. The van der Waals surface area contributed by atoms with Gasteiger partial charge in [0, 0.05) is 23.3 Å². The van der Waals surface area contributed by atoms with Gasteiger partial charge >= 0.3 is 0 Å². The Morgan fingerprint density at radius 2 is 2.15 bits per heavy atom. The van der Waals surface area contributed by atoms with Gasteiger partial charge in [0.05, 0.1) is 23.8 Å². The first-order chi connectivity index (χ1) is 9.48. The number of thiazole rings is 1. The molecule has 0 radical (unpaired) electrons. The molecule has 0 saturated carbocycles. The van der Waals surface area contributed by atoms with Crippen LogP contribution in [-0.2, 0) is 19.5 Å². The highest BCUT2D eigenvalue weighted by Gasteiger charge is 2.11. The molecule has 2 rings (SSSR count). The highest BCUT2D eigenvalue weighted by Crippen LogP contribution is 2.14. The maximum Gasteiger partial charge on any atom is 0.123 e. The van der Waals surface area contributed by atoms with E-state index in [1.165, 1.54) is 5.01 Å². The van der Waals surface area contributed by atoms with Crippen molar-refractivity contribution in [2.24, 2.45) is 0 Å². The Morgan fingerprint density at radius 3 is 2.85 bits per heavy atom. The Hall–Kier alpha value is -1.20. The number of rotatable bonds is 6. The van der Waals surface area contributed by atoms with E-state index in [9.17, 15) is 0 Å². The van der Waals surface area contributed by atoms with E-state index in [0.29, 0.717) is 0 Å².